The molecule has 166 valence electrons. The number of rotatable bonds is 7. The highest BCUT2D eigenvalue weighted by Gasteiger charge is 2.23. The maximum absolute atomic E-state index is 12.8. The Kier molecular flexibility index (Phi) is 6.55. The Balaban J connectivity index is 1.29. The molecule has 1 aromatic heterocycles. The van der Waals surface area contributed by atoms with Crippen LogP contribution in [0.3, 0.4) is 0 Å². The average molecular weight is 448 g/mol. The van der Waals surface area contributed by atoms with Crippen LogP contribution in [0.5, 0.6) is 0 Å². The van der Waals surface area contributed by atoms with E-state index in [4.69, 9.17) is 0 Å². The number of hydrogen-bond acceptors (Lipinski definition) is 5. The zero-order valence-electron chi connectivity index (χ0n) is 18.2. The van der Waals surface area contributed by atoms with E-state index in [1.165, 1.54) is 35.7 Å². The van der Waals surface area contributed by atoms with Gasteiger partial charge in [0.1, 0.15) is 0 Å². The van der Waals surface area contributed by atoms with Crippen molar-refractivity contribution in [1.29, 1.82) is 0 Å². The zero-order valence-corrected chi connectivity index (χ0v) is 19.1. The highest BCUT2D eigenvalue weighted by molar-refractivity contribution is 7.99. The van der Waals surface area contributed by atoms with Crippen LogP contribution in [0.25, 0.3) is 5.69 Å². The average Bonchev–Trinajstić information content (AvgIpc) is 3.49. The first kappa shape index (κ1) is 21.2. The number of likely N-dealkylation sites (tertiary alicyclic amines) is 1. The lowest BCUT2D eigenvalue weighted by Gasteiger charge is -2.26. The van der Waals surface area contributed by atoms with Crippen molar-refractivity contribution in [1.82, 2.24) is 25.0 Å². The van der Waals surface area contributed by atoms with Gasteiger partial charge < -0.3 is 5.32 Å². The molecular weight excluding hydrogens is 418 g/mol. The second-order valence-corrected chi connectivity index (χ2v) is 9.50. The van der Waals surface area contributed by atoms with Gasteiger partial charge in [-0.2, -0.15) is 0 Å². The van der Waals surface area contributed by atoms with Gasteiger partial charge >= 0.3 is 0 Å². The molecule has 0 saturated carbocycles. The summed E-state index contributed by atoms with van der Waals surface area (Å²) in [6.45, 7) is 3.00. The minimum absolute atomic E-state index is 0.0420. The molecule has 0 radical (unpaired) electrons. The molecule has 2 aromatic carbocycles. The number of fused-ring (bicyclic) bond motifs is 1. The second kappa shape index (κ2) is 9.88. The van der Waals surface area contributed by atoms with Crippen LogP contribution in [-0.4, -0.2) is 44.4 Å². The molecule has 2 heterocycles. The van der Waals surface area contributed by atoms with E-state index < -0.39 is 0 Å². The fraction of sp³-hybridized carbons (Fsp3) is 0.400. The molecule has 32 heavy (non-hydrogen) atoms. The van der Waals surface area contributed by atoms with Gasteiger partial charge in [0.2, 0.25) is 5.91 Å². The number of thioether (sulfide) groups is 1. The Labute approximate surface area is 193 Å². The quantitative estimate of drug-likeness (QED) is 0.552. The summed E-state index contributed by atoms with van der Waals surface area (Å²) in [6, 6.07) is 18.8. The van der Waals surface area contributed by atoms with Crippen molar-refractivity contribution in [3.63, 3.8) is 0 Å². The summed E-state index contributed by atoms with van der Waals surface area (Å²) in [5.41, 5.74) is 3.65. The van der Waals surface area contributed by atoms with E-state index in [2.05, 4.69) is 61.4 Å². The van der Waals surface area contributed by atoms with Crippen molar-refractivity contribution < 1.29 is 4.79 Å². The van der Waals surface area contributed by atoms with E-state index in [0.717, 1.165) is 55.6 Å². The lowest BCUT2D eigenvalue weighted by Crippen LogP contribution is -2.32. The third-order valence-corrected chi connectivity index (χ3v) is 7.24. The number of para-hydroxylation sites is 1. The number of nitrogens with zero attached hydrogens (tertiary/aromatic N) is 4. The van der Waals surface area contributed by atoms with Crippen molar-refractivity contribution in [2.24, 2.45) is 0 Å². The van der Waals surface area contributed by atoms with E-state index in [0.29, 0.717) is 5.75 Å². The SMILES string of the molecule is O=C(CSc1nnc(CN2CCCC2)n1-c1ccccc1)N[C@@H]1CCCc2ccccc21. The molecule has 1 N–H and O–H groups in total. The van der Waals surface area contributed by atoms with Crippen LogP contribution in [-0.2, 0) is 17.8 Å². The summed E-state index contributed by atoms with van der Waals surface area (Å²) in [5, 5.41) is 13.0. The monoisotopic (exact) mass is 447 g/mol. The summed E-state index contributed by atoms with van der Waals surface area (Å²) in [6.07, 6.45) is 5.68. The van der Waals surface area contributed by atoms with Gasteiger partial charge in [-0.1, -0.05) is 54.2 Å². The molecule has 1 amide bonds. The minimum Gasteiger partial charge on any atom is -0.349 e. The fourth-order valence-corrected chi connectivity index (χ4v) is 5.53. The van der Waals surface area contributed by atoms with Gasteiger partial charge in [0.05, 0.1) is 18.3 Å². The van der Waals surface area contributed by atoms with Gasteiger partial charge in [-0.3, -0.25) is 14.3 Å². The molecular formula is C25H29N5OS. The van der Waals surface area contributed by atoms with Crippen LogP contribution in [0.1, 0.15) is 48.7 Å². The maximum Gasteiger partial charge on any atom is 0.230 e. The van der Waals surface area contributed by atoms with Gasteiger partial charge in [0.15, 0.2) is 11.0 Å². The molecule has 7 heteroatoms. The van der Waals surface area contributed by atoms with Crippen molar-refractivity contribution in [2.45, 2.75) is 49.8 Å². The number of carbonyl (C=O) groups excluding carboxylic acids is 1. The standard InChI is InChI=1S/C25H29N5OS/c31-24(26-22-14-8-10-19-9-4-5-13-21(19)22)18-32-25-28-27-23(17-29-15-6-7-16-29)30(25)20-11-2-1-3-12-20/h1-5,9,11-13,22H,6-8,10,14-18H2,(H,26,31)/t22-/m1/s1. The molecule has 1 saturated heterocycles. The van der Waals surface area contributed by atoms with Gasteiger partial charge in [-0.15, -0.1) is 10.2 Å². The molecule has 6 nitrogen and oxygen atoms in total. The number of aromatic nitrogens is 3. The fourth-order valence-electron chi connectivity index (χ4n) is 4.74. The third kappa shape index (κ3) is 4.74. The van der Waals surface area contributed by atoms with Gasteiger partial charge in [-0.25, -0.2) is 0 Å². The smallest absolute Gasteiger partial charge is 0.230 e. The van der Waals surface area contributed by atoms with Crippen LogP contribution in [0.2, 0.25) is 0 Å². The molecule has 3 aromatic rings. The number of hydrogen-bond donors (Lipinski definition) is 1. The van der Waals surface area contributed by atoms with Crippen molar-refractivity contribution in [3.05, 3.63) is 71.5 Å². The molecule has 1 aliphatic carbocycles. The highest BCUT2D eigenvalue weighted by Crippen LogP contribution is 2.30. The Morgan fingerprint density at radius 3 is 2.62 bits per heavy atom. The van der Waals surface area contributed by atoms with Crippen LogP contribution < -0.4 is 5.32 Å². The number of amides is 1. The second-order valence-electron chi connectivity index (χ2n) is 8.55. The van der Waals surface area contributed by atoms with E-state index in [-0.39, 0.29) is 11.9 Å². The van der Waals surface area contributed by atoms with E-state index >= 15 is 0 Å². The predicted molar refractivity (Wildman–Crippen MR) is 127 cm³/mol. The summed E-state index contributed by atoms with van der Waals surface area (Å²) in [7, 11) is 0. The molecule has 0 bridgehead atoms. The van der Waals surface area contributed by atoms with Crippen LogP contribution in [0.15, 0.2) is 59.8 Å². The van der Waals surface area contributed by atoms with Gasteiger partial charge in [-0.05, 0) is 68.5 Å². The molecule has 0 unspecified atom stereocenters. The van der Waals surface area contributed by atoms with E-state index in [9.17, 15) is 4.79 Å². The molecule has 0 spiro atoms. The Bertz CT molecular complexity index is 1060. The first-order valence-electron chi connectivity index (χ1n) is 11.5. The normalized spacial score (nSPS) is 18.4. The molecule has 1 fully saturated rings. The van der Waals surface area contributed by atoms with Crippen molar-refractivity contribution in [2.75, 3.05) is 18.8 Å². The number of benzene rings is 2. The first-order chi connectivity index (χ1) is 15.8. The van der Waals surface area contributed by atoms with Crippen LogP contribution in [0.4, 0.5) is 0 Å². The Hall–Kier alpha value is -2.64. The molecule has 1 atom stereocenters. The molecule has 2 aliphatic rings. The Morgan fingerprint density at radius 2 is 1.78 bits per heavy atom. The highest BCUT2D eigenvalue weighted by atomic mass is 32.2. The van der Waals surface area contributed by atoms with Crippen molar-refractivity contribution in [3.8, 4) is 5.69 Å². The zero-order chi connectivity index (χ0) is 21.8. The lowest BCUT2D eigenvalue weighted by atomic mass is 9.88. The topological polar surface area (TPSA) is 63.1 Å². The number of carbonyl (C=O) groups is 1. The number of nitrogens with one attached hydrogen (secondary N) is 1. The third-order valence-electron chi connectivity index (χ3n) is 6.32. The van der Waals surface area contributed by atoms with Crippen LogP contribution in [0, 0.1) is 0 Å². The maximum atomic E-state index is 12.8. The minimum atomic E-state index is 0.0420. The lowest BCUT2D eigenvalue weighted by molar-refractivity contribution is -0.119. The van der Waals surface area contributed by atoms with E-state index in [1.54, 1.807) is 0 Å². The molecule has 5 rings (SSSR count). The summed E-state index contributed by atoms with van der Waals surface area (Å²) in [5.74, 6) is 1.30. The first-order valence-corrected chi connectivity index (χ1v) is 12.5. The summed E-state index contributed by atoms with van der Waals surface area (Å²) >= 11 is 1.46. The van der Waals surface area contributed by atoms with Gasteiger partial charge in [0, 0.05) is 5.69 Å². The Morgan fingerprint density at radius 1 is 1.00 bits per heavy atom. The summed E-state index contributed by atoms with van der Waals surface area (Å²) in [4.78, 5) is 15.3. The van der Waals surface area contributed by atoms with E-state index in [1.807, 2.05) is 18.2 Å². The van der Waals surface area contributed by atoms with Crippen LogP contribution >= 0.6 is 11.8 Å². The van der Waals surface area contributed by atoms with Gasteiger partial charge in [0.25, 0.3) is 0 Å². The van der Waals surface area contributed by atoms with Crippen molar-refractivity contribution >= 4 is 17.7 Å². The predicted octanol–water partition coefficient (Wildman–Crippen LogP) is 4.15. The number of aryl methyl sites for hydroxylation is 1. The largest absolute Gasteiger partial charge is 0.349 e. The molecule has 1 aliphatic heterocycles. The summed E-state index contributed by atoms with van der Waals surface area (Å²) < 4.78 is 2.10.